The highest BCUT2D eigenvalue weighted by Gasteiger charge is 1.94. The molecule has 0 aromatic heterocycles. The van der Waals surface area contributed by atoms with Crippen LogP contribution < -0.4 is 0 Å². The Kier molecular flexibility index (Phi) is 8.69. The van der Waals surface area contributed by atoms with Crippen LogP contribution in [0.25, 0.3) is 0 Å². The first-order chi connectivity index (χ1) is 9.36. The topological polar surface area (TPSA) is 47.9 Å². The quantitative estimate of drug-likeness (QED) is 0.566. The van der Waals surface area contributed by atoms with Gasteiger partial charge in [-0.3, -0.25) is 0 Å². The molecule has 19 heavy (non-hydrogen) atoms. The molecular formula is C15H20O4. The lowest BCUT2D eigenvalue weighted by Crippen LogP contribution is -2.08. The van der Waals surface area contributed by atoms with Gasteiger partial charge in [0.2, 0.25) is 0 Å². The zero-order chi connectivity index (χ0) is 13.8. The van der Waals surface area contributed by atoms with Crippen LogP contribution in [0, 0.1) is 11.8 Å². The molecule has 0 atom stereocenters. The van der Waals surface area contributed by atoms with Gasteiger partial charge in [-0.1, -0.05) is 24.0 Å². The molecule has 0 amide bonds. The van der Waals surface area contributed by atoms with Crippen molar-refractivity contribution in [1.29, 1.82) is 0 Å². The van der Waals surface area contributed by atoms with E-state index >= 15 is 0 Å². The summed E-state index contributed by atoms with van der Waals surface area (Å²) in [5.41, 5.74) is 1.98. The van der Waals surface area contributed by atoms with Gasteiger partial charge in [0.1, 0.15) is 6.61 Å². The summed E-state index contributed by atoms with van der Waals surface area (Å²) >= 11 is 0. The first-order valence-electron chi connectivity index (χ1n) is 6.20. The van der Waals surface area contributed by atoms with Crippen LogP contribution in [0.2, 0.25) is 0 Å². The minimum Gasteiger partial charge on any atom is -0.384 e. The molecular weight excluding hydrogens is 244 g/mol. The summed E-state index contributed by atoms with van der Waals surface area (Å²) in [7, 11) is 1.65. The van der Waals surface area contributed by atoms with Gasteiger partial charge in [0.15, 0.2) is 0 Å². The summed E-state index contributed by atoms with van der Waals surface area (Å²) in [4.78, 5) is 0. The Labute approximate surface area is 114 Å². The molecule has 104 valence electrons. The molecule has 0 saturated heterocycles. The molecule has 0 saturated carbocycles. The zero-order valence-corrected chi connectivity index (χ0v) is 11.2. The first kappa shape index (κ1) is 15.7. The lowest BCUT2D eigenvalue weighted by molar-refractivity contribution is 0.0199. The average molecular weight is 264 g/mol. The van der Waals surface area contributed by atoms with Crippen molar-refractivity contribution < 1.29 is 19.3 Å². The molecule has 0 radical (unpaired) electrons. The highest BCUT2D eigenvalue weighted by molar-refractivity contribution is 5.35. The van der Waals surface area contributed by atoms with E-state index < -0.39 is 0 Å². The summed E-state index contributed by atoms with van der Waals surface area (Å²) in [6, 6.07) is 7.76. The average Bonchev–Trinajstić information content (AvgIpc) is 2.45. The molecule has 0 bridgehead atoms. The van der Waals surface area contributed by atoms with Crippen LogP contribution in [0.4, 0.5) is 0 Å². The maximum atomic E-state index is 8.59. The molecule has 0 fully saturated rings. The van der Waals surface area contributed by atoms with Crippen molar-refractivity contribution in [2.24, 2.45) is 0 Å². The van der Waals surface area contributed by atoms with E-state index in [-0.39, 0.29) is 6.61 Å². The Hall–Kier alpha value is -1.38. The van der Waals surface area contributed by atoms with Gasteiger partial charge in [0.05, 0.1) is 33.0 Å². The Morgan fingerprint density at radius 1 is 1.00 bits per heavy atom. The Bertz CT molecular complexity index is 389. The largest absolute Gasteiger partial charge is 0.384 e. The normalized spacial score (nSPS) is 10.0. The minimum atomic E-state index is -0.117. The second-order valence-electron chi connectivity index (χ2n) is 3.81. The Morgan fingerprint density at radius 2 is 1.68 bits per heavy atom. The van der Waals surface area contributed by atoms with E-state index in [1.54, 1.807) is 7.11 Å². The fourth-order valence-electron chi connectivity index (χ4n) is 1.38. The van der Waals surface area contributed by atoms with Gasteiger partial charge >= 0.3 is 0 Å². The maximum absolute atomic E-state index is 8.59. The SMILES string of the molecule is COCCOCCOCc1ccc(C#CCO)cc1. The van der Waals surface area contributed by atoms with Crippen LogP contribution in [0.15, 0.2) is 24.3 Å². The van der Waals surface area contributed by atoms with E-state index in [0.717, 1.165) is 11.1 Å². The number of benzene rings is 1. The molecule has 4 nitrogen and oxygen atoms in total. The van der Waals surface area contributed by atoms with Crippen LogP contribution >= 0.6 is 0 Å². The van der Waals surface area contributed by atoms with E-state index in [1.807, 2.05) is 24.3 Å². The van der Waals surface area contributed by atoms with Crippen LogP contribution in [-0.2, 0) is 20.8 Å². The molecule has 1 N–H and O–H groups in total. The molecule has 4 heteroatoms. The summed E-state index contributed by atoms with van der Waals surface area (Å²) < 4.78 is 15.6. The molecule has 0 aliphatic rings. The van der Waals surface area contributed by atoms with Crippen molar-refractivity contribution in [2.75, 3.05) is 40.1 Å². The highest BCUT2D eigenvalue weighted by atomic mass is 16.5. The summed E-state index contributed by atoms with van der Waals surface area (Å²) in [5, 5.41) is 8.59. The fraction of sp³-hybridized carbons (Fsp3) is 0.467. The Morgan fingerprint density at radius 3 is 2.37 bits per heavy atom. The summed E-state index contributed by atoms with van der Waals surface area (Å²) in [6.07, 6.45) is 0. The number of hydrogen-bond donors (Lipinski definition) is 1. The second-order valence-corrected chi connectivity index (χ2v) is 3.81. The lowest BCUT2D eigenvalue weighted by atomic mass is 10.1. The first-order valence-corrected chi connectivity index (χ1v) is 6.20. The van der Waals surface area contributed by atoms with Crippen molar-refractivity contribution in [3.63, 3.8) is 0 Å². The Balaban J connectivity index is 2.16. The molecule has 1 aromatic rings. The third-order valence-electron chi connectivity index (χ3n) is 2.34. The number of ether oxygens (including phenoxy) is 3. The number of methoxy groups -OCH3 is 1. The monoisotopic (exact) mass is 264 g/mol. The van der Waals surface area contributed by atoms with Crippen LogP contribution in [0.5, 0.6) is 0 Å². The van der Waals surface area contributed by atoms with Gasteiger partial charge in [0.25, 0.3) is 0 Å². The van der Waals surface area contributed by atoms with Crippen molar-refractivity contribution in [1.82, 2.24) is 0 Å². The number of aliphatic hydroxyl groups excluding tert-OH is 1. The number of aliphatic hydroxyl groups is 1. The van der Waals surface area contributed by atoms with Gasteiger partial charge in [-0.2, -0.15) is 0 Å². The van der Waals surface area contributed by atoms with Crippen LogP contribution in [0.1, 0.15) is 11.1 Å². The third-order valence-corrected chi connectivity index (χ3v) is 2.34. The van der Waals surface area contributed by atoms with E-state index in [9.17, 15) is 0 Å². The predicted octanol–water partition coefficient (Wildman–Crippen LogP) is 1.21. The number of rotatable bonds is 8. The van der Waals surface area contributed by atoms with E-state index in [4.69, 9.17) is 19.3 Å². The van der Waals surface area contributed by atoms with E-state index in [2.05, 4.69) is 11.8 Å². The highest BCUT2D eigenvalue weighted by Crippen LogP contribution is 2.04. The smallest absolute Gasteiger partial charge is 0.104 e. The predicted molar refractivity (Wildman–Crippen MR) is 72.8 cm³/mol. The fourth-order valence-corrected chi connectivity index (χ4v) is 1.38. The molecule has 0 unspecified atom stereocenters. The third kappa shape index (κ3) is 7.60. The van der Waals surface area contributed by atoms with Gasteiger partial charge in [-0.25, -0.2) is 0 Å². The molecule has 1 aromatic carbocycles. The van der Waals surface area contributed by atoms with Crippen molar-refractivity contribution in [3.8, 4) is 11.8 Å². The molecule has 0 aliphatic heterocycles. The van der Waals surface area contributed by atoms with Crippen molar-refractivity contribution in [2.45, 2.75) is 6.61 Å². The molecule has 1 rings (SSSR count). The van der Waals surface area contributed by atoms with Gasteiger partial charge in [-0.15, -0.1) is 0 Å². The van der Waals surface area contributed by atoms with E-state index in [0.29, 0.717) is 33.0 Å². The molecule has 0 aliphatic carbocycles. The van der Waals surface area contributed by atoms with Crippen molar-refractivity contribution >= 4 is 0 Å². The maximum Gasteiger partial charge on any atom is 0.104 e. The van der Waals surface area contributed by atoms with Gasteiger partial charge in [-0.05, 0) is 17.7 Å². The minimum absolute atomic E-state index is 0.117. The van der Waals surface area contributed by atoms with E-state index in [1.165, 1.54) is 0 Å². The second kappa shape index (κ2) is 10.5. The molecule has 0 spiro atoms. The summed E-state index contributed by atoms with van der Waals surface area (Å²) in [6.45, 7) is 2.78. The lowest BCUT2D eigenvalue weighted by Gasteiger charge is -2.05. The van der Waals surface area contributed by atoms with Gasteiger partial charge in [0, 0.05) is 12.7 Å². The van der Waals surface area contributed by atoms with Crippen molar-refractivity contribution in [3.05, 3.63) is 35.4 Å². The standard InChI is InChI=1S/C15H20O4/c1-17-9-10-18-11-12-19-13-15-6-4-14(5-7-15)3-2-8-16/h4-7,16H,8-13H2,1H3. The zero-order valence-electron chi connectivity index (χ0n) is 11.2. The number of hydrogen-bond acceptors (Lipinski definition) is 4. The summed E-state index contributed by atoms with van der Waals surface area (Å²) in [5.74, 6) is 5.45. The van der Waals surface area contributed by atoms with Crippen LogP contribution in [-0.4, -0.2) is 45.3 Å². The van der Waals surface area contributed by atoms with Gasteiger partial charge < -0.3 is 19.3 Å². The van der Waals surface area contributed by atoms with Crippen LogP contribution in [0.3, 0.4) is 0 Å². The molecule has 0 heterocycles.